The zero-order chi connectivity index (χ0) is 21.6. The molecule has 1 aromatic carbocycles. The Hall–Kier alpha value is -2.29. The lowest BCUT2D eigenvalue weighted by molar-refractivity contribution is 0.0933. The highest BCUT2D eigenvalue weighted by atomic mass is 35.5. The molecule has 0 fully saturated rings. The molecule has 0 atom stereocenters. The average Bonchev–Trinajstić information content (AvgIpc) is 3.13. The molecule has 0 saturated heterocycles. The molecule has 0 aliphatic rings. The van der Waals surface area contributed by atoms with Gasteiger partial charge in [-0.2, -0.15) is 0 Å². The Kier molecular flexibility index (Phi) is 10.1. The van der Waals surface area contributed by atoms with Crippen LogP contribution in [0.3, 0.4) is 0 Å². The Balaban J connectivity index is 0.00000450. The van der Waals surface area contributed by atoms with E-state index in [1.54, 1.807) is 29.6 Å². The summed E-state index contributed by atoms with van der Waals surface area (Å²) in [4.78, 5) is 42.4. The number of hydrogen-bond acceptors (Lipinski definition) is 6. The number of benzene rings is 1. The monoisotopic (exact) mass is 452 g/mol. The maximum absolute atomic E-state index is 12.3. The normalized spacial score (nSPS) is 10.8. The number of carbonyl (C=O) groups is 3. The second-order valence-corrected chi connectivity index (χ2v) is 8.16. The van der Waals surface area contributed by atoms with E-state index >= 15 is 0 Å². The fraction of sp³-hybridized carbons (Fsp3) is 0.429. The quantitative estimate of drug-likeness (QED) is 0.563. The van der Waals surface area contributed by atoms with Crippen LogP contribution in [0.25, 0.3) is 0 Å². The number of carbonyl (C=O) groups excluding carboxylic acids is 3. The molecule has 2 N–H and O–H groups in total. The summed E-state index contributed by atoms with van der Waals surface area (Å²) < 4.78 is 0. The van der Waals surface area contributed by atoms with Gasteiger partial charge in [-0.05, 0) is 46.8 Å². The van der Waals surface area contributed by atoms with Crippen molar-refractivity contribution in [1.82, 2.24) is 15.2 Å². The summed E-state index contributed by atoms with van der Waals surface area (Å²) in [6.07, 6.45) is 0. The van der Waals surface area contributed by atoms with Gasteiger partial charge in [0.1, 0.15) is 5.69 Å². The predicted octanol–water partition coefficient (Wildman–Crippen LogP) is 3.87. The number of ketones is 1. The van der Waals surface area contributed by atoms with E-state index in [2.05, 4.69) is 48.2 Å². The van der Waals surface area contributed by atoms with Crippen LogP contribution in [0.1, 0.15) is 65.8 Å². The van der Waals surface area contributed by atoms with Crippen LogP contribution >= 0.6 is 23.7 Å². The number of nitrogens with one attached hydrogen (secondary N) is 2. The molecule has 30 heavy (non-hydrogen) atoms. The number of aromatic nitrogens is 1. The van der Waals surface area contributed by atoms with Crippen molar-refractivity contribution in [3.63, 3.8) is 0 Å². The van der Waals surface area contributed by atoms with Gasteiger partial charge in [-0.25, -0.2) is 4.98 Å². The fourth-order valence-corrected chi connectivity index (χ4v) is 3.65. The first kappa shape index (κ1) is 25.7. The van der Waals surface area contributed by atoms with Gasteiger partial charge in [0.2, 0.25) is 0 Å². The van der Waals surface area contributed by atoms with Gasteiger partial charge in [0.25, 0.3) is 11.8 Å². The third-order valence-electron chi connectivity index (χ3n) is 4.49. The van der Waals surface area contributed by atoms with Crippen LogP contribution in [0.15, 0.2) is 29.6 Å². The molecule has 1 aromatic heterocycles. The van der Waals surface area contributed by atoms with E-state index in [0.29, 0.717) is 34.9 Å². The number of amides is 2. The molecule has 0 unspecified atom stereocenters. The molecular weight excluding hydrogens is 424 g/mol. The van der Waals surface area contributed by atoms with Crippen LogP contribution in [0.5, 0.6) is 0 Å². The molecule has 0 radical (unpaired) electrons. The van der Waals surface area contributed by atoms with Crippen molar-refractivity contribution in [2.45, 2.75) is 46.7 Å². The molecule has 0 aliphatic heterocycles. The summed E-state index contributed by atoms with van der Waals surface area (Å²) in [5.74, 6) is -0.664. The van der Waals surface area contributed by atoms with Crippen molar-refractivity contribution in [3.8, 4) is 0 Å². The number of Topliss-reactive ketones (excluding diaryl/α,β-unsaturated/α-hetero) is 1. The van der Waals surface area contributed by atoms with Gasteiger partial charge in [-0.1, -0.05) is 12.1 Å². The van der Waals surface area contributed by atoms with Gasteiger partial charge in [0.15, 0.2) is 10.9 Å². The molecule has 0 bridgehead atoms. The van der Waals surface area contributed by atoms with E-state index in [-0.39, 0.29) is 35.7 Å². The summed E-state index contributed by atoms with van der Waals surface area (Å²) in [5, 5.41) is 7.52. The van der Waals surface area contributed by atoms with E-state index in [4.69, 9.17) is 0 Å². The van der Waals surface area contributed by atoms with Crippen molar-refractivity contribution in [1.29, 1.82) is 0 Å². The van der Waals surface area contributed by atoms with Gasteiger partial charge < -0.3 is 5.32 Å². The maximum Gasteiger partial charge on any atom is 0.270 e. The van der Waals surface area contributed by atoms with Crippen LogP contribution < -0.4 is 10.6 Å². The predicted molar refractivity (Wildman–Crippen MR) is 123 cm³/mol. The molecule has 2 rings (SSSR count). The number of rotatable bonds is 9. The Morgan fingerprint density at radius 3 is 2.10 bits per heavy atom. The summed E-state index contributed by atoms with van der Waals surface area (Å²) in [6, 6.07) is 7.19. The number of hydrogen-bond donors (Lipinski definition) is 2. The SMILES string of the molecule is CC(=O)c1ccc(C(=O)Nc2nc(C(=O)NCCN(C(C)C)C(C)C)cs2)cc1.Cl. The Morgan fingerprint density at radius 1 is 1.00 bits per heavy atom. The molecule has 2 amide bonds. The molecule has 0 spiro atoms. The lowest BCUT2D eigenvalue weighted by atomic mass is 10.1. The highest BCUT2D eigenvalue weighted by Crippen LogP contribution is 2.17. The molecule has 2 aromatic rings. The van der Waals surface area contributed by atoms with Crippen LogP contribution in [-0.4, -0.2) is 52.7 Å². The van der Waals surface area contributed by atoms with Gasteiger partial charge in [0, 0.05) is 41.7 Å². The van der Waals surface area contributed by atoms with E-state index < -0.39 is 0 Å². The highest BCUT2D eigenvalue weighted by Gasteiger charge is 2.16. The molecular formula is C21H29ClN4O3S. The zero-order valence-corrected chi connectivity index (χ0v) is 19.5. The summed E-state index contributed by atoms with van der Waals surface area (Å²) in [6.45, 7) is 11.3. The third-order valence-corrected chi connectivity index (χ3v) is 5.25. The Morgan fingerprint density at radius 2 is 1.57 bits per heavy atom. The van der Waals surface area contributed by atoms with Crippen molar-refractivity contribution in [2.24, 2.45) is 0 Å². The molecule has 1 heterocycles. The molecule has 7 nitrogen and oxygen atoms in total. The van der Waals surface area contributed by atoms with Gasteiger partial charge in [-0.3, -0.25) is 24.6 Å². The number of nitrogens with zero attached hydrogens (tertiary/aromatic N) is 2. The summed E-state index contributed by atoms with van der Waals surface area (Å²) >= 11 is 1.19. The van der Waals surface area contributed by atoms with Gasteiger partial charge >= 0.3 is 0 Å². The van der Waals surface area contributed by atoms with E-state index in [1.165, 1.54) is 18.3 Å². The third kappa shape index (κ3) is 7.19. The topological polar surface area (TPSA) is 91.4 Å². The van der Waals surface area contributed by atoms with Crippen molar-refractivity contribution >= 4 is 46.5 Å². The van der Waals surface area contributed by atoms with Gasteiger partial charge in [0.05, 0.1) is 0 Å². The molecule has 0 saturated carbocycles. The average molecular weight is 453 g/mol. The lowest BCUT2D eigenvalue weighted by Gasteiger charge is -2.30. The van der Waals surface area contributed by atoms with Crippen LogP contribution in [-0.2, 0) is 0 Å². The van der Waals surface area contributed by atoms with Crippen molar-refractivity contribution in [2.75, 3.05) is 18.4 Å². The van der Waals surface area contributed by atoms with Crippen molar-refractivity contribution < 1.29 is 14.4 Å². The number of anilines is 1. The Bertz CT molecular complexity index is 857. The largest absolute Gasteiger partial charge is 0.349 e. The maximum atomic E-state index is 12.3. The first-order valence-electron chi connectivity index (χ1n) is 9.61. The van der Waals surface area contributed by atoms with Crippen molar-refractivity contribution in [3.05, 3.63) is 46.5 Å². The highest BCUT2D eigenvalue weighted by molar-refractivity contribution is 7.14. The minimum absolute atomic E-state index is 0. The molecule has 9 heteroatoms. The minimum atomic E-state index is -0.342. The first-order chi connectivity index (χ1) is 13.7. The Labute approximate surface area is 187 Å². The van der Waals surface area contributed by atoms with E-state index in [9.17, 15) is 14.4 Å². The zero-order valence-electron chi connectivity index (χ0n) is 17.9. The molecule has 0 aliphatic carbocycles. The second-order valence-electron chi connectivity index (χ2n) is 7.31. The fourth-order valence-electron chi connectivity index (χ4n) is 2.96. The second kappa shape index (κ2) is 11.8. The molecule has 164 valence electrons. The lowest BCUT2D eigenvalue weighted by Crippen LogP contribution is -2.42. The van der Waals surface area contributed by atoms with Crippen LogP contribution in [0.4, 0.5) is 5.13 Å². The minimum Gasteiger partial charge on any atom is -0.349 e. The standard InChI is InChI=1S/C21H28N4O3S.ClH/c1-13(2)25(14(3)4)11-10-22-20(28)18-12-29-21(23-18)24-19(27)17-8-6-16(7-9-17)15(5)26;/h6-9,12-14H,10-11H2,1-5H3,(H,22,28)(H,23,24,27);1H. The van der Waals surface area contributed by atoms with E-state index in [0.717, 1.165) is 6.54 Å². The summed E-state index contributed by atoms with van der Waals surface area (Å²) in [7, 11) is 0. The van der Waals surface area contributed by atoms with Crippen LogP contribution in [0, 0.1) is 0 Å². The summed E-state index contributed by atoms with van der Waals surface area (Å²) in [5.41, 5.74) is 1.24. The smallest absolute Gasteiger partial charge is 0.270 e. The van der Waals surface area contributed by atoms with E-state index in [1.807, 2.05) is 0 Å². The first-order valence-corrected chi connectivity index (χ1v) is 10.5. The number of thiazole rings is 1. The number of halogens is 1. The van der Waals surface area contributed by atoms with Gasteiger partial charge in [-0.15, -0.1) is 23.7 Å². The van der Waals surface area contributed by atoms with Crippen LogP contribution in [0.2, 0.25) is 0 Å².